The van der Waals surface area contributed by atoms with Gasteiger partial charge in [-0.2, -0.15) is 0 Å². The van der Waals surface area contributed by atoms with Crippen molar-refractivity contribution in [2.24, 2.45) is 7.05 Å². The summed E-state index contributed by atoms with van der Waals surface area (Å²) in [6, 6.07) is 1.81. The van der Waals surface area contributed by atoms with Gasteiger partial charge in [-0.15, -0.1) is 11.3 Å². The fourth-order valence-electron chi connectivity index (χ4n) is 1.47. The number of rotatable bonds is 5. The maximum Gasteiger partial charge on any atom is 0.271 e. The summed E-state index contributed by atoms with van der Waals surface area (Å²) in [5, 5.41) is 2.42. The summed E-state index contributed by atoms with van der Waals surface area (Å²) in [4.78, 5) is 16.4. The molecular weight excluding hydrogens is 306 g/mol. The molecule has 2 aromatic heterocycles. The second-order valence-electron chi connectivity index (χ2n) is 3.91. The minimum absolute atomic E-state index is 0.0708. The van der Waals surface area contributed by atoms with Crippen molar-refractivity contribution < 1.29 is 8.42 Å². The molecule has 2 aromatic rings. The predicted molar refractivity (Wildman–Crippen MR) is 78.4 cm³/mol. The van der Waals surface area contributed by atoms with Crippen LogP contribution in [-0.4, -0.2) is 36.5 Å². The molecule has 0 saturated carbocycles. The minimum atomic E-state index is -3.17. The van der Waals surface area contributed by atoms with Gasteiger partial charge in [0.2, 0.25) is 10.0 Å². The van der Waals surface area contributed by atoms with Gasteiger partial charge in [-0.3, -0.25) is 9.36 Å². The van der Waals surface area contributed by atoms with Crippen molar-refractivity contribution in [3.63, 3.8) is 0 Å². The number of aromatic nitrogens is 2. The van der Waals surface area contributed by atoms with E-state index in [1.165, 1.54) is 27.7 Å². The third-order valence-electron chi connectivity index (χ3n) is 2.34. The molecule has 0 aliphatic carbocycles. The van der Waals surface area contributed by atoms with Crippen LogP contribution in [0.5, 0.6) is 0 Å². The fourth-order valence-corrected chi connectivity index (χ4v) is 3.70. The topological polar surface area (TPSA) is 81.1 Å². The van der Waals surface area contributed by atoms with E-state index in [-0.39, 0.29) is 5.56 Å². The van der Waals surface area contributed by atoms with Crippen molar-refractivity contribution in [1.29, 1.82) is 0 Å². The van der Waals surface area contributed by atoms with Crippen molar-refractivity contribution in [3.8, 4) is 0 Å². The molecule has 0 saturated heterocycles. The second kappa shape index (κ2) is 5.61. The molecule has 0 unspecified atom stereocenters. The monoisotopic (exact) mass is 319 g/mol. The second-order valence-corrected chi connectivity index (χ2v) is 7.72. The van der Waals surface area contributed by atoms with Crippen molar-refractivity contribution in [1.82, 2.24) is 14.3 Å². The zero-order valence-corrected chi connectivity index (χ0v) is 12.9. The Labute approximate surface area is 118 Å². The number of hydrogen-bond donors (Lipinski definition) is 1. The maximum absolute atomic E-state index is 12.0. The molecule has 104 valence electrons. The molecule has 0 aliphatic heterocycles. The lowest BCUT2D eigenvalue weighted by molar-refractivity contribution is 0.590. The van der Waals surface area contributed by atoms with Gasteiger partial charge in [0.15, 0.2) is 5.16 Å². The van der Waals surface area contributed by atoms with Crippen LogP contribution in [0.25, 0.3) is 10.2 Å². The van der Waals surface area contributed by atoms with E-state index in [0.29, 0.717) is 27.7 Å². The Morgan fingerprint density at radius 2 is 2.26 bits per heavy atom. The predicted octanol–water partition coefficient (Wildman–Crippen LogP) is 0.636. The Hall–Kier alpha value is -0.900. The summed E-state index contributed by atoms with van der Waals surface area (Å²) < 4.78 is 26.4. The van der Waals surface area contributed by atoms with Gasteiger partial charge in [-0.05, 0) is 11.4 Å². The third-order valence-corrected chi connectivity index (χ3v) is 5.00. The van der Waals surface area contributed by atoms with Crippen molar-refractivity contribution in [3.05, 3.63) is 21.8 Å². The van der Waals surface area contributed by atoms with Gasteiger partial charge in [0.25, 0.3) is 5.56 Å². The molecule has 2 heterocycles. The molecule has 6 nitrogen and oxygen atoms in total. The van der Waals surface area contributed by atoms with Crippen LogP contribution in [0, 0.1) is 0 Å². The third kappa shape index (κ3) is 3.56. The van der Waals surface area contributed by atoms with Gasteiger partial charge in [-0.25, -0.2) is 18.1 Å². The normalized spacial score (nSPS) is 12.1. The number of fused-ring (bicyclic) bond motifs is 1. The SMILES string of the molecule is Cn1c(SCCNS(C)(=O)=O)nc2ccsc2c1=O. The van der Waals surface area contributed by atoms with E-state index in [1.54, 1.807) is 13.1 Å². The maximum atomic E-state index is 12.0. The van der Waals surface area contributed by atoms with Gasteiger partial charge >= 0.3 is 0 Å². The first-order valence-electron chi connectivity index (χ1n) is 5.40. The number of thioether (sulfide) groups is 1. The summed E-state index contributed by atoms with van der Waals surface area (Å²) >= 11 is 2.72. The number of hydrogen-bond acceptors (Lipinski definition) is 6. The summed E-state index contributed by atoms with van der Waals surface area (Å²) in [5.41, 5.74) is 0.616. The molecule has 1 N–H and O–H groups in total. The molecule has 0 fully saturated rings. The van der Waals surface area contributed by atoms with Crippen LogP contribution in [0.15, 0.2) is 21.4 Å². The van der Waals surface area contributed by atoms with Crippen LogP contribution in [0.3, 0.4) is 0 Å². The van der Waals surface area contributed by atoms with Crippen LogP contribution in [0.4, 0.5) is 0 Å². The molecule has 0 amide bonds. The Morgan fingerprint density at radius 1 is 1.53 bits per heavy atom. The highest BCUT2D eigenvalue weighted by Crippen LogP contribution is 2.19. The lowest BCUT2D eigenvalue weighted by atomic mass is 10.5. The highest BCUT2D eigenvalue weighted by molar-refractivity contribution is 7.99. The molecule has 0 aliphatic rings. The highest BCUT2D eigenvalue weighted by Gasteiger charge is 2.09. The average molecular weight is 319 g/mol. The first-order valence-corrected chi connectivity index (χ1v) is 9.16. The summed E-state index contributed by atoms with van der Waals surface area (Å²) in [7, 11) is -1.51. The molecule has 0 spiro atoms. The number of thiophene rings is 1. The number of nitrogens with one attached hydrogen (secondary N) is 1. The van der Waals surface area contributed by atoms with Crippen molar-refractivity contribution in [2.45, 2.75) is 5.16 Å². The molecule has 0 bridgehead atoms. The summed E-state index contributed by atoms with van der Waals surface area (Å²) in [6.45, 7) is 0.307. The molecule has 19 heavy (non-hydrogen) atoms. The van der Waals surface area contributed by atoms with Gasteiger partial charge in [0.1, 0.15) is 4.70 Å². The standard InChI is InChI=1S/C10H13N3O3S3/c1-13-9(14)8-7(3-5-17-8)12-10(13)18-6-4-11-19(2,15)16/h3,5,11H,4,6H2,1-2H3. The van der Waals surface area contributed by atoms with Crippen LogP contribution >= 0.6 is 23.1 Å². The largest absolute Gasteiger partial charge is 0.290 e. The zero-order valence-electron chi connectivity index (χ0n) is 10.4. The van der Waals surface area contributed by atoms with Crippen LogP contribution < -0.4 is 10.3 Å². The number of sulfonamides is 1. The highest BCUT2D eigenvalue weighted by atomic mass is 32.2. The Bertz CT molecular complexity index is 748. The summed E-state index contributed by atoms with van der Waals surface area (Å²) in [6.07, 6.45) is 1.11. The van der Waals surface area contributed by atoms with E-state index in [1.807, 2.05) is 5.38 Å². The van der Waals surface area contributed by atoms with Gasteiger partial charge < -0.3 is 0 Å². The number of nitrogens with zero attached hydrogens (tertiary/aromatic N) is 2. The van der Waals surface area contributed by atoms with Crippen molar-refractivity contribution in [2.75, 3.05) is 18.6 Å². The molecule has 0 atom stereocenters. The first kappa shape index (κ1) is 14.5. The van der Waals surface area contributed by atoms with Crippen LogP contribution in [0.2, 0.25) is 0 Å². The zero-order chi connectivity index (χ0) is 14.0. The molecule has 2 rings (SSSR count). The van der Waals surface area contributed by atoms with Crippen LogP contribution in [-0.2, 0) is 17.1 Å². The van der Waals surface area contributed by atoms with Gasteiger partial charge in [0.05, 0.1) is 11.8 Å². The quantitative estimate of drug-likeness (QED) is 0.497. The lowest BCUT2D eigenvalue weighted by Gasteiger charge is -2.07. The fraction of sp³-hybridized carbons (Fsp3) is 0.400. The Balaban J connectivity index is 2.13. The molecule has 0 aromatic carbocycles. The lowest BCUT2D eigenvalue weighted by Crippen LogP contribution is -2.25. The van der Waals surface area contributed by atoms with Gasteiger partial charge in [0, 0.05) is 19.3 Å². The van der Waals surface area contributed by atoms with E-state index in [4.69, 9.17) is 0 Å². The smallest absolute Gasteiger partial charge is 0.271 e. The van der Waals surface area contributed by atoms with E-state index in [0.717, 1.165) is 6.26 Å². The minimum Gasteiger partial charge on any atom is -0.290 e. The average Bonchev–Trinajstić information content (AvgIpc) is 2.77. The van der Waals surface area contributed by atoms with Gasteiger partial charge in [-0.1, -0.05) is 11.8 Å². The van der Waals surface area contributed by atoms with E-state index < -0.39 is 10.0 Å². The van der Waals surface area contributed by atoms with Crippen LogP contribution in [0.1, 0.15) is 0 Å². The molecular formula is C10H13N3O3S3. The van der Waals surface area contributed by atoms with E-state index in [9.17, 15) is 13.2 Å². The summed E-state index contributed by atoms with van der Waals surface area (Å²) in [5.74, 6) is 0.517. The van der Waals surface area contributed by atoms with E-state index >= 15 is 0 Å². The van der Waals surface area contributed by atoms with Crippen molar-refractivity contribution >= 4 is 43.3 Å². The first-order chi connectivity index (χ1) is 8.88. The molecule has 0 radical (unpaired) electrons. The molecule has 9 heteroatoms. The Kier molecular flexibility index (Phi) is 4.29. The Morgan fingerprint density at radius 3 is 2.95 bits per heavy atom. The van der Waals surface area contributed by atoms with E-state index in [2.05, 4.69) is 9.71 Å².